The zero-order valence-corrected chi connectivity index (χ0v) is 9.79. The molecule has 0 saturated carbocycles. The van der Waals surface area contributed by atoms with Gasteiger partial charge in [-0.05, 0) is 18.4 Å². The molecule has 1 atom stereocenters. The summed E-state index contributed by atoms with van der Waals surface area (Å²) in [6.07, 6.45) is 2.65. The van der Waals surface area contributed by atoms with Gasteiger partial charge in [-0.1, -0.05) is 6.92 Å². The number of aryl methyl sites for hydroxylation is 1. The van der Waals surface area contributed by atoms with Crippen molar-refractivity contribution >= 4 is 17.5 Å². The van der Waals surface area contributed by atoms with Crippen molar-refractivity contribution in [3.63, 3.8) is 0 Å². The van der Waals surface area contributed by atoms with Crippen molar-refractivity contribution in [3.8, 4) is 0 Å². The normalized spacial score (nSPS) is 12.5. The predicted octanol–water partition coefficient (Wildman–Crippen LogP) is 1.41. The summed E-state index contributed by atoms with van der Waals surface area (Å²) in [6, 6.07) is 1.70. The van der Waals surface area contributed by atoms with E-state index in [9.17, 15) is 4.79 Å². The largest absolute Gasteiger partial charge is 0.350 e. The molecular formula is C10H16ClN3O. The quantitative estimate of drug-likeness (QED) is 0.777. The van der Waals surface area contributed by atoms with Crippen LogP contribution in [0.4, 0.5) is 0 Å². The summed E-state index contributed by atoms with van der Waals surface area (Å²) in [5, 5.41) is 6.84. The molecule has 84 valence electrons. The van der Waals surface area contributed by atoms with Crippen LogP contribution in [-0.4, -0.2) is 28.1 Å². The first kappa shape index (κ1) is 12.0. The van der Waals surface area contributed by atoms with E-state index in [4.69, 9.17) is 11.6 Å². The fourth-order valence-corrected chi connectivity index (χ4v) is 1.55. The summed E-state index contributed by atoms with van der Waals surface area (Å²) in [4.78, 5) is 11.5. The smallest absolute Gasteiger partial charge is 0.271 e. The Hall–Kier alpha value is -1.03. The van der Waals surface area contributed by atoms with Crippen molar-refractivity contribution in [3.05, 3.63) is 18.0 Å². The Kier molecular flexibility index (Phi) is 4.62. The molecule has 1 heterocycles. The van der Waals surface area contributed by atoms with Gasteiger partial charge in [0.2, 0.25) is 0 Å². The molecule has 0 spiro atoms. The molecule has 0 saturated heterocycles. The lowest BCUT2D eigenvalue weighted by molar-refractivity contribution is 0.0942. The first-order valence-corrected chi connectivity index (χ1v) is 5.50. The molecule has 0 radical (unpaired) electrons. The molecule has 5 heteroatoms. The number of nitrogens with one attached hydrogen (secondary N) is 1. The zero-order valence-electron chi connectivity index (χ0n) is 9.03. The van der Waals surface area contributed by atoms with Crippen molar-refractivity contribution in [1.82, 2.24) is 15.1 Å². The lowest BCUT2D eigenvalue weighted by Gasteiger charge is -2.09. The Morgan fingerprint density at radius 3 is 3.00 bits per heavy atom. The van der Waals surface area contributed by atoms with Gasteiger partial charge in [0.05, 0.1) is 0 Å². The molecule has 15 heavy (non-hydrogen) atoms. The maximum Gasteiger partial charge on any atom is 0.271 e. The molecule has 0 aromatic carbocycles. The van der Waals surface area contributed by atoms with Crippen LogP contribution in [0.5, 0.6) is 0 Å². The molecule has 1 N–H and O–H groups in total. The first-order chi connectivity index (χ1) is 7.13. The van der Waals surface area contributed by atoms with Gasteiger partial charge in [0, 0.05) is 25.7 Å². The molecule has 0 aliphatic rings. The lowest BCUT2D eigenvalue weighted by Crippen LogP contribution is -2.28. The summed E-state index contributed by atoms with van der Waals surface area (Å²) in [5.74, 6) is 0.896. The highest BCUT2D eigenvalue weighted by Gasteiger charge is 2.09. The SMILES string of the molecule is CC(CCCl)CNC(=O)c1ccn(C)n1. The van der Waals surface area contributed by atoms with Gasteiger partial charge in [0.25, 0.3) is 5.91 Å². The second kappa shape index (κ2) is 5.75. The van der Waals surface area contributed by atoms with E-state index in [1.54, 1.807) is 24.0 Å². The summed E-state index contributed by atoms with van der Waals surface area (Å²) < 4.78 is 1.61. The number of nitrogens with zero attached hydrogens (tertiary/aromatic N) is 2. The van der Waals surface area contributed by atoms with Gasteiger partial charge in [-0.3, -0.25) is 9.48 Å². The van der Waals surface area contributed by atoms with Crippen LogP contribution < -0.4 is 5.32 Å². The minimum absolute atomic E-state index is 0.128. The Morgan fingerprint density at radius 1 is 1.73 bits per heavy atom. The fraction of sp³-hybridized carbons (Fsp3) is 0.600. The van der Waals surface area contributed by atoms with Crippen LogP contribution in [0.2, 0.25) is 0 Å². The fourth-order valence-electron chi connectivity index (χ4n) is 1.18. The van der Waals surface area contributed by atoms with Crippen LogP contribution in [0.25, 0.3) is 0 Å². The molecule has 0 aliphatic heterocycles. The average Bonchev–Trinajstić information content (AvgIpc) is 2.62. The Labute approximate surface area is 94.6 Å². The minimum Gasteiger partial charge on any atom is -0.350 e. The number of hydrogen-bond acceptors (Lipinski definition) is 2. The van der Waals surface area contributed by atoms with E-state index in [-0.39, 0.29) is 5.91 Å². The number of carbonyl (C=O) groups is 1. The second-order valence-electron chi connectivity index (χ2n) is 3.67. The number of rotatable bonds is 5. The standard InChI is InChI=1S/C10H16ClN3O/c1-8(3-5-11)7-12-10(15)9-4-6-14(2)13-9/h4,6,8H,3,5,7H2,1-2H3,(H,12,15). The number of carbonyl (C=O) groups excluding carboxylic acids is 1. The van der Waals surface area contributed by atoms with Gasteiger partial charge in [0.1, 0.15) is 5.69 Å². The average molecular weight is 230 g/mol. The van der Waals surface area contributed by atoms with Crippen molar-refractivity contribution < 1.29 is 4.79 Å². The number of hydrogen-bond donors (Lipinski definition) is 1. The molecule has 1 unspecified atom stereocenters. The highest BCUT2D eigenvalue weighted by Crippen LogP contribution is 2.02. The van der Waals surface area contributed by atoms with Crippen molar-refractivity contribution in [1.29, 1.82) is 0 Å². The first-order valence-electron chi connectivity index (χ1n) is 4.97. The number of amides is 1. The van der Waals surface area contributed by atoms with Crippen LogP contribution in [0.1, 0.15) is 23.8 Å². The summed E-state index contributed by atoms with van der Waals surface area (Å²) >= 11 is 5.60. The highest BCUT2D eigenvalue weighted by atomic mass is 35.5. The van der Waals surface area contributed by atoms with Gasteiger partial charge >= 0.3 is 0 Å². The monoisotopic (exact) mass is 229 g/mol. The van der Waals surface area contributed by atoms with Gasteiger partial charge in [-0.25, -0.2) is 0 Å². The molecule has 0 bridgehead atoms. The molecule has 1 aromatic heterocycles. The number of aromatic nitrogens is 2. The second-order valence-corrected chi connectivity index (χ2v) is 4.05. The Morgan fingerprint density at radius 2 is 2.47 bits per heavy atom. The minimum atomic E-state index is -0.128. The molecule has 4 nitrogen and oxygen atoms in total. The highest BCUT2D eigenvalue weighted by molar-refractivity contribution is 6.17. The maximum absolute atomic E-state index is 11.5. The Bertz CT molecular complexity index is 324. The van der Waals surface area contributed by atoms with Crippen LogP contribution in [0, 0.1) is 5.92 Å². The molecular weight excluding hydrogens is 214 g/mol. The van der Waals surface area contributed by atoms with Crippen molar-refractivity contribution in [2.75, 3.05) is 12.4 Å². The molecule has 1 aromatic rings. The van der Waals surface area contributed by atoms with Crippen LogP contribution in [0.3, 0.4) is 0 Å². The van der Waals surface area contributed by atoms with Crippen LogP contribution >= 0.6 is 11.6 Å². The van der Waals surface area contributed by atoms with E-state index in [0.29, 0.717) is 24.0 Å². The Balaban J connectivity index is 2.36. The van der Waals surface area contributed by atoms with Gasteiger partial charge in [0.15, 0.2) is 0 Å². The van der Waals surface area contributed by atoms with E-state index in [1.807, 2.05) is 0 Å². The lowest BCUT2D eigenvalue weighted by atomic mass is 10.1. The van der Waals surface area contributed by atoms with E-state index < -0.39 is 0 Å². The maximum atomic E-state index is 11.5. The topological polar surface area (TPSA) is 46.9 Å². The molecule has 1 amide bonds. The third-order valence-corrected chi connectivity index (χ3v) is 2.38. The van der Waals surface area contributed by atoms with Crippen molar-refractivity contribution in [2.24, 2.45) is 13.0 Å². The predicted molar refractivity (Wildman–Crippen MR) is 60.0 cm³/mol. The third kappa shape index (κ3) is 3.91. The number of alkyl halides is 1. The zero-order chi connectivity index (χ0) is 11.3. The summed E-state index contributed by atoms with van der Waals surface area (Å²) in [7, 11) is 1.78. The van der Waals surface area contributed by atoms with Crippen LogP contribution in [-0.2, 0) is 7.05 Å². The van der Waals surface area contributed by atoms with Crippen molar-refractivity contribution in [2.45, 2.75) is 13.3 Å². The molecule has 0 fully saturated rings. The van der Waals surface area contributed by atoms with E-state index in [0.717, 1.165) is 6.42 Å². The van der Waals surface area contributed by atoms with Gasteiger partial charge in [-0.15, -0.1) is 11.6 Å². The number of halogens is 1. The summed E-state index contributed by atoms with van der Waals surface area (Å²) in [6.45, 7) is 2.70. The molecule has 1 rings (SSSR count). The third-order valence-electron chi connectivity index (χ3n) is 2.16. The summed E-state index contributed by atoms with van der Waals surface area (Å²) in [5.41, 5.74) is 0.454. The van der Waals surface area contributed by atoms with E-state index >= 15 is 0 Å². The van der Waals surface area contributed by atoms with Crippen LogP contribution in [0.15, 0.2) is 12.3 Å². The van der Waals surface area contributed by atoms with Gasteiger partial charge in [-0.2, -0.15) is 5.10 Å². The molecule has 0 aliphatic carbocycles. The van der Waals surface area contributed by atoms with E-state index in [1.165, 1.54) is 0 Å². The van der Waals surface area contributed by atoms with Gasteiger partial charge < -0.3 is 5.32 Å². The van der Waals surface area contributed by atoms with E-state index in [2.05, 4.69) is 17.3 Å².